The number of hydrazine groups is 1. The lowest BCUT2D eigenvalue weighted by atomic mass is 10.0. The Morgan fingerprint density at radius 2 is 2.27 bits per heavy atom. The molecule has 1 fully saturated rings. The number of carbonyl (C=O) groups excluding carboxylic acids is 1. The van der Waals surface area contributed by atoms with Crippen LogP contribution in [0.25, 0.3) is 0 Å². The summed E-state index contributed by atoms with van der Waals surface area (Å²) < 4.78 is 5.32. The molecule has 5 nitrogen and oxygen atoms in total. The van der Waals surface area contributed by atoms with Crippen LogP contribution in [0.3, 0.4) is 0 Å². The molecule has 88 valence electrons. The van der Waals surface area contributed by atoms with Crippen molar-refractivity contribution in [3.05, 3.63) is 0 Å². The highest BCUT2D eigenvalue weighted by Gasteiger charge is 2.32. The molecule has 2 unspecified atom stereocenters. The van der Waals surface area contributed by atoms with Crippen LogP contribution < -0.4 is 11.3 Å². The number of likely N-dealkylation sites (N-methyl/N-ethyl adjacent to an activating group) is 1. The van der Waals surface area contributed by atoms with Crippen molar-refractivity contribution >= 4 is 5.91 Å². The van der Waals surface area contributed by atoms with E-state index in [0.29, 0.717) is 12.6 Å². The van der Waals surface area contributed by atoms with Crippen molar-refractivity contribution < 1.29 is 9.53 Å². The third-order valence-corrected chi connectivity index (χ3v) is 2.96. The molecular weight excluding hydrogens is 194 g/mol. The summed E-state index contributed by atoms with van der Waals surface area (Å²) in [4.78, 5) is 13.7. The fraction of sp³-hybridized carbons (Fsp3) is 0.900. The zero-order chi connectivity index (χ0) is 11.4. The predicted molar refractivity (Wildman–Crippen MR) is 57.9 cm³/mol. The molecule has 15 heavy (non-hydrogen) atoms. The van der Waals surface area contributed by atoms with Crippen LogP contribution in [0.1, 0.15) is 20.3 Å². The van der Waals surface area contributed by atoms with Gasteiger partial charge >= 0.3 is 0 Å². The number of nitrogens with one attached hydrogen (secondary N) is 1. The first-order valence-corrected chi connectivity index (χ1v) is 5.38. The Balaban J connectivity index is 2.65. The first-order chi connectivity index (χ1) is 7.07. The number of nitrogens with zero attached hydrogens (tertiary/aromatic N) is 1. The summed E-state index contributed by atoms with van der Waals surface area (Å²) in [5.41, 5.74) is 2.23. The second-order valence-corrected chi connectivity index (χ2v) is 4.38. The third kappa shape index (κ3) is 2.90. The van der Waals surface area contributed by atoms with Crippen molar-refractivity contribution in [3.8, 4) is 0 Å². The summed E-state index contributed by atoms with van der Waals surface area (Å²) in [5, 5.41) is 0. The second kappa shape index (κ2) is 5.44. The van der Waals surface area contributed by atoms with E-state index < -0.39 is 0 Å². The average Bonchev–Trinajstić information content (AvgIpc) is 2.69. The van der Waals surface area contributed by atoms with Crippen LogP contribution in [0.5, 0.6) is 0 Å². The van der Waals surface area contributed by atoms with Gasteiger partial charge in [0.25, 0.3) is 5.91 Å². The standard InChI is InChI=1S/C10H21N3O2/c1-7(2)9(10(14)12-11)13(3)8-4-5-15-6-8/h7-9H,4-6,11H2,1-3H3,(H,12,14). The summed E-state index contributed by atoms with van der Waals surface area (Å²) in [6.07, 6.45) is 0.984. The number of ether oxygens (including phenoxy) is 1. The molecular formula is C10H21N3O2. The monoisotopic (exact) mass is 215 g/mol. The lowest BCUT2D eigenvalue weighted by Crippen LogP contribution is -2.53. The molecule has 3 N–H and O–H groups in total. The van der Waals surface area contributed by atoms with Crippen molar-refractivity contribution in [3.63, 3.8) is 0 Å². The SMILES string of the molecule is CC(C)C(C(=O)NN)N(C)C1CCOC1. The van der Waals surface area contributed by atoms with Gasteiger partial charge in [0.1, 0.15) is 0 Å². The van der Waals surface area contributed by atoms with Gasteiger partial charge < -0.3 is 4.74 Å². The zero-order valence-corrected chi connectivity index (χ0v) is 9.69. The van der Waals surface area contributed by atoms with Gasteiger partial charge in [0.15, 0.2) is 0 Å². The maximum Gasteiger partial charge on any atom is 0.251 e. The number of hydrogen-bond acceptors (Lipinski definition) is 4. The molecule has 5 heteroatoms. The van der Waals surface area contributed by atoms with E-state index in [9.17, 15) is 4.79 Å². The maximum atomic E-state index is 11.6. The maximum absolute atomic E-state index is 11.6. The zero-order valence-electron chi connectivity index (χ0n) is 9.69. The summed E-state index contributed by atoms with van der Waals surface area (Å²) in [7, 11) is 1.96. The van der Waals surface area contributed by atoms with Crippen LogP contribution in [-0.4, -0.2) is 43.2 Å². The molecule has 0 spiro atoms. The Morgan fingerprint density at radius 3 is 2.67 bits per heavy atom. The fourth-order valence-electron chi connectivity index (χ4n) is 2.11. The highest BCUT2D eigenvalue weighted by atomic mass is 16.5. The lowest BCUT2D eigenvalue weighted by molar-refractivity contribution is -0.128. The Kier molecular flexibility index (Phi) is 4.50. The van der Waals surface area contributed by atoms with Crippen molar-refractivity contribution in [2.75, 3.05) is 20.3 Å². The Hall–Kier alpha value is -0.650. The van der Waals surface area contributed by atoms with E-state index in [2.05, 4.69) is 10.3 Å². The number of nitrogens with two attached hydrogens (primary N) is 1. The van der Waals surface area contributed by atoms with Crippen LogP contribution in [0, 0.1) is 5.92 Å². The fourth-order valence-corrected chi connectivity index (χ4v) is 2.11. The first kappa shape index (κ1) is 12.4. The van der Waals surface area contributed by atoms with E-state index in [1.165, 1.54) is 0 Å². The molecule has 0 radical (unpaired) electrons. The van der Waals surface area contributed by atoms with Gasteiger partial charge in [0.05, 0.1) is 12.6 Å². The molecule has 1 aliphatic heterocycles. The Morgan fingerprint density at radius 1 is 1.60 bits per heavy atom. The van der Waals surface area contributed by atoms with E-state index in [1.807, 2.05) is 20.9 Å². The van der Waals surface area contributed by atoms with Crippen molar-refractivity contribution in [2.45, 2.75) is 32.4 Å². The van der Waals surface area contributed by atoms with E-state index in [1.54, 1.807) is 0 Å². The number of rotatable bonds is 4. The van der Waals surface area contributed by atoms with Gasteiger partial charge in [-0.05, 0) is 19.4 Å². The van der Waals surface area contributed by atoms with Crippen molar-refractivity contribution in [2.24, 2.45) is 11.8 Å². The molecule has 1 heterocycles. The molecule has 0 aliphatic carbocycles. The largest absolute Gasteiger partial charge is 0.380 e. The van der Waals surface area contributed by atoms with Gasteiger partial charge in [0.2, 0.25) is 0 Å². The number of carbonyl (C=O) groups is 1. The molecule has 1 amide bonds. The van der Waals surface area contributed by atoms with Crippen LogP contribution in [0.15, 0.2) is 0 Å². The molecule has 0 aromatic carbocycles. The second-order valence-electron chi connectivity index (χ2n) is 4.38. The predicted octanol–water partition coefficient (Wildman–Crippen LogP) is -0.278. The van der Waals surface area contributed by atoms with Gasteiger partial charge in [-0.2, -0.15) is 0 Å². The third-order valence-electron chi connectivity index (χ3n) is 2.96. The minimum atomic E-state index is -0.179. The van der Waals surface area contributed by atoms with Gasteiger partial charge in [0, 0.05) is 12.6 Å². The van der Waals surface area contributed by atoms with Crippen molar-refractivity contribution in [1.29, 1.82) is 0 Å². The molecule has 1 saturated heterocycles. The minimum absolute atomic E-state index is 0.126. The molecule has 0 saturated carbocycles. The van der Waals surface area contributed by atoms with Crippen LogP contribution >= 0.6 is 0 Å². The van der Waals surface area contributed by atoms with Gasteiger partial charge in [-0.15, -0.1) is 0 Å². The molecule has 2 atom stereocenters. The van der Waals surface area contributed by atoms with Gasteiger partial charge in [-0.1, -0.05) is 13.8 Å². The molecule has 1 aliphatic rings. The van der Waals surface area contributed by atoms with Crippen LogP contribution in [0.4, 0.5) is 0 Å². The highest BCUT2D eigenvalue weighted by molar-refractivity contribution is 5.81. The summed E-state index contributed by atoms with van der Waals surface area (Å²) in [5.74, 6) is 5.30. The molecule has 0 bridgehead atoms. The first-order valence-electron chi connectivity index (χ1n) is 5.38. The number of hydrogen-bond donors (Lipinski definition) is 2. The Bertz CT molecular complexity index is 215. The average molecular weight is 215 g/mol. The summed E-state index contributed by atoms with van der Waals surface area (Å²) in [6, 6.07) is 0.149. The summed E-state index contributed by atoms with van der Waals surface area (Å²) >= 11 is 0. The van der Waals surface area contributed by atoms with Crippen LogP contribution in [-0.2, 0) is 9.53 Å². The smallest absolute Gasteiger partial charge is 0.251 e. The molecule has 1 rings (SSSR count). The molecule has 0 aromatic rings. The Labute approximate surface area is 90.9 Å². The topological polar surface area (TPSA) is 67.6 Å². The molecule has 0 aromatic heterocycles. The lowest BCUT2D eigenvalue weighted by Gasteiger charge is -2.33. The van der Waals surface area contributed by atoms with E-state index in [4.69, 9.17) is 10.6 Å². The number of amides is 1. The van der Waals surface area contributed by atoms with Crippen LogP contribution in [0.2, 0.25) is 0 Å². The van der Waals surface area contributed by atoms with E-state index in [-0.39, 0.29) is 17.9 Å². The summed E-state index contributed by atoms with van der Waals surface area (Å²) in [6.45, 7) is 5.53. The van der Waals surface area contributed by atoms with E-state index >= 15 is 0 Å². The highest BCUT2D eigenvalue weighted by Crippen LogP contribution is 2.18. The van der Waals surface area contributed by atoms with E-state index in [0.717, 1.165) is 13.0 Å². The van der Waals surface area contributed by atoms with Gasteiger partial charge in [-0.3, -0.25) is 15.1 Å². The van der Waals surface area contributed by atoms with Gasteiger partial charge in [-0.25, -0.2) is 5.84 Å². The quantitative estimate of drug-likeness (QED) is 0.384. The normalized spacial score (nSPS) is 23.5. The van der Waals surface area contributed by atoms with Crippen molar-refractivity contribution in [1.82, 2.24) is 10.3 Å². The minimum Gasteiger partial charge on any atom is -0.380 e.